The van der Waals surface area contributed by atoms with Gasteiger partial charge in [0.2, 0.25) is 0 Å². The van der Waals surface area contributed by atoms with Crippen molar-refractivity contribution in [2.75, 3.05) is 0 Å². The molecule has 0 saturated carbocycles. The Kier molecular flexibility index (Phi) is 5.95. The predicted molar refractivity (Wildman–Crippen MR) is 129 cm³/mol. The lowest BCUT2D eigenvalue weighted by Gasteiger charge is -2.41. The molecule has 4 nitrogen and oxygen atoms in total. The molecule has 1 amide bonds. The number of benzene rings is 3. The number of fused-ring (bicyclic) bond motifs is 1. The molecule has 0 spiro atoms. The monoisotopic (exact) mass is 491 g/mol. The SMILES string of the molecule is CC(C)(C)c1ccc(CN2C(=O)c3ccccc3C(C(=O)O)C2c2ccc(Br)cc2)cc1. The summed E-state index contributed by atoms with van der Waals surface area (Å²) in [5.74, 6) is -1.93. The fourth-order valence-corrected chi connectivity index (χ4v) is 4.64. The first kappa shape index (κ1) is 22.3. The molecular weight excluding hydrogens is 466 g/mol. The highest BCUT2D eigenvalue weighted by Gasteiger charge is 2.44. The van der Waals surface area contributed by atoms with Crippen molar-refractivity contribution in [2.45, 2.75) is 44.7 Å². The zero-order valence-electron chi connectivity index (χ0n) is 18.4. The third-order valence-electron chi connectivity index (χ3n) is 6.09. The molecule has 1 aliphatic heterocycles. The molecule has 2 atom stereocenters. The second kappa shape index (κ2) is 8.55. The van der Waals surface area contributed by atoms with Gasteiger partial charge in [0, 0.05) is 16.6 Å². The van der Waals surface area contributed by atoms with Crippen molar-refractivity contribution in [1.29, 1.82) is 0 Å². The molecular formula is C27H26BrNO3. The van der Waals surface area contributed by atoms with E-state index in [1.54, 1.807) is 29.2 Å². The Hall–Kier alpha value is -2.92. The summed E-state index contributed by atoms with van der Waals surface area (Å²) < 4.78 is 0.903. The highest BCUT2D eigenvalue weighted by Crippen LogP contribution is 2.43. The average molecular weight is 492 g/mol. The molecule has 164 valence electrons. The number of rotatable bonds is 4. The number of carboxylic acids is 1. The van der Waals surface area contributed by atoms with Gasteiger partial charge in [0.05, 0.1) is 6.04 Å². The third kappa shape index (κ3) is 4.22. The van der Waals surface area contributed by atoms with Gasteiger partial charge in [-0.2, -0.15) is 0 Å². The molecule has 0 fully saturated rings. The number of hydrogen-bond acceptors (Lipinski definition) is 2. The molecule has 1 aliphatic rings. The maximum atomic E-state index is 13.6. The summed E-state index contributed by atoms with van der Waals surface area (Å²) >= 11 is 3.45. The van der Waals surface area contributed by atoms with Crippen LogP contribution in [-0.4, -0.2) is 21.9 Å². The first-order chi connectivity index (χ1) is 15.2. The van der Waals surface area contributed by atoms with Gasteiger partial charge in [-0.15, -0.1) is 0 Å². The first-order valence-electron chi connectivity index (χ1n) is 10.6. The molecule has 0 aromatic heterocycles. The smallest absolute Gasteiger partial charge is 0.313 e. The van der Waals surface area contributed by atoms with Gasteiger partial charge in [-0.05, 0) is 45.9 Å². The Morgan fingerprint density at radius 1 is 0.969 bits per heavy atom. The zero-order valence-corrected chi connectivity index (χ0v) is 20.0. The van der Waals surface area contributed by atoms with Crippen LogP contribution in [0.1, 0.15) is 65.3 Å². The molecule has 0 radical (unpaired) electrons. The number of aliphatic carboxylic acids is 1. The number of amides is 1. The van der Waals surface area contributed by atoms with Crippen molar-refractivity contribution in [2.24, 2.45) is 0 Å². The Balaban J connectivity index is 1.81. The second-order valence-electron chi connectivity index (χ2n) is 9.28. The van der Waals surface area contributed by atoms with Crippen molar-refractivity contribution in [3.63, 3.8) is 0 Å². The number of nitrogens with zero attached hydrogens (tertiary/aromatic N) is 1. The Morgan fingerprint density at radius 3 is 2.19 bits per heavy atom. The van der Waals surface area contributed by atoms with Gasteiger partial charge in [0.25, 0.3) is 5.91 Å². The van der Waals surface area contributed by atoms with Gasteiger partial charge < -0.3 is 10.0 Å². The summed E-state index contributed by atoms with van der Waals surface area (Å²) in [7, 11) is 0. The molecule has 4 rings (SSSR count). The van der Waals surface area contributed by atoms with Crippen LogP contribution in [0.5, 0.6) is 0 Å². The summed E-state index contributed by atoms with van der Waals surface area (Å²) in [5, 5.41) is 10.2. The second-order valence-corrected chi connectivity index (χ2v) is 10.2. The lowest BCUT2D eigenvalue weighted by atomic mass is 9.79. The number of carboxylic acid groups (broad SMARTS) is 1. The van der Waals surface area contributed by atoms with Crippen LogP contribution in [0.25, 0.3) is 0 Å². The molecule has 1 N–H and O–H groups in total. The number of halogens is 1. The van der Waals surface area contributed by atoms with Gasteiger partial charge in [0.1, 0.15) is 5.92 Å². The third-order valence-corrected chi connectivity index (χ3v) is 6.62. The maximum absolute atomic E-state index is 13.6. The van der Waals surface area contributed by atoms with E-state index in [9.17, 15) is 14.7 Å². The van der Waals surface area contributed by atoms with Crippen LogP contribution in [0.2, 0.25) is 0 Å². The Labute approximate surface area is 197 Å². The number of hydrogen-bond donors (Lipinski definition) is 1. The van der Waals surface area contributed by atoms with Crippen LogP contribution in [-0.2, 0) is 16.8 Å². The van der Waals surface area contributed by atoms with Gasteiger partial charge >= 0.3 is 5.97 Å². The Morgan fingerprint density at radius 2 is 1.59 bits per heavy atom. The minimum atomic E-state index is -0.939. The van der Waals surface area contributed by atoms with Crippen molar-refractivity contribution in [1.82, 2.24) is 4.90 Å². The van der Waals surface area contributed by atoms with Gasteiger partial charge in [-0.1, -0.05) is 91.3 Å². The van der Waals surface area contributed by atoms with E-state index in [2.05, 4.69) is 48.8 Å². The molecule has 32 heavy (non-hydrogen) atoms. The number of carbonyl (C=O) groups is 2. The minimum Gasteiger partial charge on any atom is -0.481 e. The van der Waals surface area contributed by atoms with E-state index in [1.165, 1.54) is 5.56 Å². The van der Waals surface area contributed by atoms with Gasteiger partial charge in [0.15, 0.2) is 0 Å². The van der Waals surface area contributed by atoms with Crippen LogP contribution in [0.4, 0.5) is 0 Å². The largest absolute Gasteiger partial charge is 0.481 e. The van der Waals surface area contributed by atoms with Crippen molar-refractivity contribution in [3.05, 3.63) is 105 Å². The molecule has 3 aromatic rings. The molecule has 5 heteroatoms. The summed E-state index contributed by atoms with van der Waals surface area (Å²) in [6, 6.07) is 22.2. The molecule has 3 aromatic carbocycles. The fraction of sp³-hybridized carbons (Fsp3) is 0.259. The van der Waals surface area contributed by atoms with E-state index in [-0.39, 0.29) is 11.3 Å². The number of carbonyl (C=O) groups excluding carboxylic acids is 1. The van der Waals surface area contributed by atoms with E-state index >= 15 is 0 Å². The first-order valence-corrected chi connectivity index (χ1v) is 11.4. The maximum Gasteiger partial charge on any atom is 0.313 e. The van der Waals surface area contributed by atoms with E-state index in [1.807, 2.05) is 36.4 Å². The van der Waals surface area contributed by atoms with Crippen molar-refractivity contribution in [3.8, 4) is 0 Å². The molecule has 2 unspecified atom stereocenters. The highest BCUT2D eigenvalue weighted by molar-refractivity contribution is 9.10. The predicted octanol–water partition coefficient (Wildman–Crippen LogP) is 6.31. The fourth-order valence-electron chi connectivity index (χ4n) is 4.37. The lowest BCUT2D eigenvalue weighted by molar-refractivity contribution is -0.140. The van der Waals surface area contributed by atoms with Gasteiger partial charge in [-0.25, -0.2) is 0 Å². The summed E-state index contributed by atoms with van der Waals surface area (Å²) in [6.45, 7) is 6.82. The van der Waals surface area contributed by atoms with E-state index in [0.29, 0.717) is 17.7 Å². The van der Waals surface area contributed by atoms with Crippen LogP contribution >= 0.6 is 15.9 Å². The van der Waals surface area contributed by atoms with Crippen LogP contribution in [0, 0.1) is 0 Å². The topological polar surface area (TPSA) is 57.6 Å². The highest BCUT2D eigenvalue weighted by atomic mass is 79.9. The summed E-state index contributed by atoms with van der Waals surface area (Å²) in [4.78, 5) is 27.8. The van der Waals surface area contributed by atoms with E-state index in [0.717, 1.165) is 15.6 Å². The van der Waals surface area contributed by atoms with Gasteiger partial charge in [-0.3, -0.25) is 9.59 Å². The lowest BCUT2D eigenvalue weighted by Crippen LogP contribution is -2.44. The zero-order chi connectivity index (χ0) is 23.0. The molecule has 0 bridgehead atoms. The van der Waals surface area contributed by atoms with Crippen LogP contribution in [0.15, 0.2) is 77.3 Å². The van der Waals surface area contributed by atoms with Crippen molar-refractivity contribution < 1.29 is 14.7 Å². The summed E-state index contributed by atoms with van der Waals surface area (Å²) in [6.07, 6.45) is 0. The molecule has 0 aliphatic carbocycles. The quantitative estimate of drug-likeness (QED) is 0.464. The van der Waals surface area contributed by atoms with Crippen LogP contribution in [0.3, 0.4) is 0 Å². The Bertz CT molecular complexity index is 1150. The standard InChI is InChI=1S/C27H26BrNO3/c1-27(2,3)19-12-8-17(9-13-19)16-29-24(18-10-14-20(28)15-11-18)23(26(31)32)21-6-4-5-7-22(21)25(29)30/h4-15,23-24H,16H2,1-3H3,(H,31,32). The van der Waals surface area contributed by atoms with E-state index in [4.69, 9.17) is 0 Å². The van der Waals surface area contributed by atoms with E-state index < -0.39 is 17.9 Å². The van der Waals surface area contributed by atoms with Crippen molar-refractivity contribution >= 4 is 27.8 Å². The minimum absolute atomic E-state index is 0.0345. The average Bonchev–Trinajstić information content (AvgIpc) is 2.75. The summed E-state index contributed by atoms with van der Waals surface area (Å²) in [5.41, 5.74) is 4.04. The normalized spacial score (nSPS) is 18.4. The molecule has 0 saturated heterocycles. The van der Waals surface area contributed by atoms with Crippen LogP contribution < -0.4 is 0 Å². The molecule has 1 heterocycles.